The van der Waals surface area contributed by atoms with Crippen molar-refractivity contribution in [2.75, 3.05) is 19.8 Å². The van der Waals surface area contributed by atoms with Gasteiger partial charge in [0.25, 0.3) is 5.91 Å². The van der Waals surface area contributed by atoms with Crippen molar-refractivity contribution in [3.8, 4) is 11.5 Å². The van der Waals surface area contributed by atoms with Crippen molar-refractivity contribution in [3.05, 3.63) is 24.3 Å². The van der Waals surface area contributed by atoms with Crippen LogP contribution < -0.4 is 20.1 Å². The van der Waals surface area contributed by atoms with Crippen molar-refractivity contribution in [3.63, 3.8) is 0 Å². The molecule has 0 bridgehead atoms. The molecule has 0 unspecified atom stereocenters. The predicted molar refractivity (Wildman–Crippen MR) is 83.8 cm³/mol. The van der Waals surface area contributed by atoms with Crippen LogP contribution in [0.3, 0.4) is 0 Å². The number of nitrogens with one attached hydrogen (secondary N) is 2. The Hall–Kier alpha value is -2.77. The molecule has 0 spiro atoms. The van der Waals surface area contributed by atoms with Crippen molar-refractivity contribution in [2.24, 2.45) is 0 Å². The Balaban J connectivity index is 1.71. The maximum atomic E-state index is 11.9. The van der Waals surface area contributed by atoms with Crippen molar-refractivity contribution in [1.29, 1.82) is 0 Å². The highest BCUT2D eigenvalue weighted by Crippen LogP contribution is 2.30. The zero-order chi connectivity index (χ0) is 17.4. The van der Waals surface area contributed by atoms with Gasteiger partial charge in [-0.05, 0) is 18.6 Å². The first-order valence-corrected chi connectivity index (χ1v) is 7.73. The van der Waals surface area contributed by atoms with Crippen LogP contribution in [0.1, 0.15) is 19.8 Å². The molecule has 2 N–H and O–H groups in total. The van der Waals surface area contributed by atoms with E-state index in [1.165, 1.54) is 0 Å². The number of hydrogen-bond acceptors (Lipinski definition) is 6. The summed E-state index contributed by atoms with van der Waals surface area (Å²) in [6.45, 7) is 1.89. The fourth-order valence-electron chi connectivity index (χ4n) is 1.95. The summed E-state index contributed by atoms with van der Waals surface area (Å²) in [5.41, 5.74) is 0. The lowest BCUT2D eigenvalue weighted by Gasteiger charge is -2.24. The van der Waals surface area contributed by atoms with E-state index in [2.05, 4.69) is 10.6 Å². The number of carbonyl (C=O) groups is 3. The highest BCUT2D eigenvalue weighted by Gasteiger charge is 2.29. The molecule has 1 aliphatic heterocycles. The van der Waals surface area contributed by atoms with Gasteiger partial charge in [0.05, 0.1) is 0 Å². The molecule has 1 aromatic rings. The SMILES string of the molecule is CCCCNC(=O)NC(=O)COC(=O)[C@@H]1COc2ccccc2O1. The summed E-state index contributed by atoms with van der Waals surface area (Å²) in [6.07, 6.45) is 0.793. The first-order valence-electron chi connectivity index (χ1n) is 7.73. The summed E-state index contributed by atoms with van der Waals surface area (Å²) >= 11 is 0. The van der Waals surface area contributed by atoms with Crippen LogP contribution in [0.2, 0.25) is 0 Å². The summed E-state index contributed by atoms with van der Waals surface area (Å²) in [5.74, 6) is -0.464. The van der Waals surface area contributed by atoms with Crippen LogP contribution in [0.25, 0.3) is 0 Å². The Morgan fingerprint density at radius 2 is 2.00 bits per heavy atom. The molecule has 130 valence electrons. The number of amides is 3. The maximum absolute atomic E-state index is 11.9. The molecule has 0 saturated heterocycles. The topological polar surface area (TPSA) is 103 Å². The van der Waals surface area contributed by atoms with E-state index in [-0.39, 0.29) is 6.61 Å². The first-order chi connectivity index (χ1) is 11.6. The minimum atomic E-state index is -0.953. The molecule has 1 atom stereocenters. The van der Waals surface area contributed by atoms with Gasteiger partial charge < -0.3 is 19.5 Å². The molecule has 0 radical (unpaired) electrons. The molecule has 8 heteroatoms. The van der Waals surface area contributed by atoms with E-state index in [0.717, 1.165) is 12.8 Å². The van der Waals surface area contributed by atoms with Gasteiger partial charge in [0.1, 0.15) is 6.61 Å². The molecule has 24 heavy (non-hydrogen) atoms. The summed E-state index contributed by atoms with van der Waals surface area (Å²) in [5, 5.41) is 4.59. The second kappa shape index (κ2) is 8.76. The number of fused-ring (bicyclic) bond motifs is 1. The highest BCUT2D eigenvalue weighted by molar-refractivity contribution is 5.95. The third-order valence-electron chi connectivity index (χ3n) is 3.19. The van der Waals surface area contributed by atoms with E-state index < -0.39 is 30.6 Å². The number of benzene rings is 1. The second-order valence-corrected chi connectivity index (χ2v) is 5.13. The highest BCUT2D eigenvalue weighted by atomic mass is 16.6. The van der Waals surface area contributed by atoms with Crippen LogP contribution in [-0.4, -0.2) is 43.8 Å². The van der Waals surface area contributed by atoms with Gasteiger partial charge in [0.2, 0.25) is 6.10 Å². The van der Waals surface area contributed by atoms with Gasteiger partial charge in [-0.3, -0.25) is 10.1 Å². The Kier molecular flexibility index (Phi) is 6.41. The van der Waals surface area contributed by atoms with Gasteiger partial charge in [-0.1, -0.05) is 25.5 Å². The monoisotopic (exact) mass is 336 g/mol. The smallest absolute Gasteiger partial charge is 0.351 e. The van der Waals surface area contributed by atoms with Crippen LogP contribution in [0.5, 0.6) is 11.5 Å². The Morgan fingerprint density at radius 1 is 1.25 bits per heavy atom. The van der Waals surface area contributed by atoms with Crippen LogP contribution in [0, 0.1) is 0 Å². The zero-order valence-corrected chi connectivity index (χ0v) is 13.4. The Morgan fingerprint density at radius 3 is 2.75 bits per heavy atom. The van der Waals surface area contributed by atoms with Gasteiger partial charge in [-0.15, -0.1) is 0 Å². The number of unbranched alkanes of at least 4 members (excludes halogenated alkanes) is 1. The van der Waals surface area contributed by atoms with Gasteiger partial charge in [-0.2, -0.15) is 0 Å². The Bertz CT molecular complexity index is 604. The third-order valence-corrected chi connectivity index (χ3v) is 3.19. The largest absolute Gasteiger partial charge is 0.485 e. The van der Waals surface area contributed by atoms with Crippen LogP contribution in [-0.2, 0) is 14.3 Å². The molecule has 0 aliphatic carbocycles. The van der Waals surface area contributed by atoms with E-state index in [9.17, 15) is 14.4 Å². The van der Waals surface area contributed by atoms with Crippen LogP contribution in [0.4, 0.5) is 4.79 Å². The molecule has 3 amide bonds. The van der Waals surface area contributed by atoms with Crippen molar-refractivity contribution >= 4 is 17.9 Å². The summed E-state index contributed by atoms with van der Waals surface area (Å²) in [4.78, 5) is 34.8. The van der Waals surface area contributed by atoms with Gasteiger partial charge in [0.15, 0.2) is 18.1 Å². The number of esters is 1. The Labute approximate surface area is 139 Å². The lowest BCUT2D eigenvalue weighted by atomic mass is 10.2. The molecule has 0 fully saturated rings. The fourth-order valence-corrected chi connectivity index (χ4v) is 1.95. The molecular formula is C16H20N2O6. The molecular weight excluding hydrogens is 316 g/mol. The fraction of sp³-hybridized carbons (Fsp3) is 0.438. The quantitative estimate of drug-likeness (QED) is 0.593. The van der Waals surface area contributed by atoms with E-state index >= 15 is 0 Å². The van der Waals surface area contributed by atoms with Gasteiger partial charge in [-0.25, -0.2) is 9.59 Å². The molecule has 1 heterocycles. The minimum absolute atomic E-state index is 0.00499. The summed E-state index contributed by atoms with van der Waals surface area (Å²) in [6, 6.07) is 6.32. The van der Waals surface area contributed by atoms with E-state index in [0.29, 0.717) is 18.0 Å². The van der Waals surface area contributed by atoms with Crippen molar-refractivity contribution in [2.45, 2.75) is 25.9 Å². The second-order valence-electron chi connectivity index (χ2n) is 5.13. The van der Waals surface area contributed by atoms with Crippen LogP contribution in [0.15, 0.2) is 24.3 Å². The number of rotatable bonds is 6. The summed E-state index contributed by atoms with van der Waals surface area (Å²) in [7, 11) is 0. The lowest BCUT2D eigenvalue weighted by Crippen LogP contribution is -2.43. The van der Waals surface area contributed by atoms with Crippen molar-refractivity contribution in [1.82, 2.24) is 10.6 Å². The van der Waals surface area contributed by atoms with Crippen LogP contribution >= 0.6 is 0 Å². The molecule has 2 rings (SSSR count). The van der Waals surface area contributed by atoms with Gasteiger partial charge in [0, 0.05) is 6.54 Å². The number of para-hydroxylation sites is 2. The van der Waals surface area contributed by atoms with E-state index in [1.807, 2.05) is 6.92 Å². The van der Waals surface area contributed by atoms with Gasteiger partial charge >= 0.3 is 12.0 Å². The number of hydrogen-bond donors (Lipinski definition) is 2. The summed E-state index contributed by atoms with van der Waals surface area (Å²) < 4.78 is 15.7. The van der Waals surface area contributed by atoms with Crippen molar-refractivity contribution < 1.29 is 28.6 Å². The number of urea groups is 1. The maximum Gasteiger partial charge on any atom is 0.351 e. The standard InChI is InChI=1S/C16H20N2O6/c1-2-3-8-17-16(21)18-14(19)10-23-15(20)13-9-22-11-6-4-5-7-12(11)24-13/h4-7,13H,2-3,8-10H2,1H3,(H2,17,18,19,21)/t13-/m0/s1. The third kappa shape index (κ3) is 5.15. The predicted octanol–water partition coefficient (Wildman–Crippen LogP) is 0.996. The first kappa shape index (κ1) is 17.6. The average molecular weight is 336 g/mol. The minimum Gasteiger partial charge on any atom is -0.485 e. The normalized spacial score (nSPS) is 15.3. The number of imide groups is 1. The molecule has 1 aromatic carbocycles. The van der Waals surface area contributed by atoms with E-state index in [4.69, 9.17) is 14.2 Å². The van der Waals surface area contributed by atoms with E-state index in [1.54, 1.807) is 24.3 Å². The zero-order valence-electron chi connectivity index (χ0n) is 13.4. The molecule has 0 saturated carbocycles. The molecule has 8 nitrogen and oxygen atoms in total. The average Bonchev–Trinajstić information content (AvgIpc) is 2.59. The number of ether oxygens (including phenoxy) is 3. The molecule has 0 aromatic heterocycles. The lowest BCUT2D eigenvalue weighted by molar-refractivity contribution is -0.157. The molecule has 1 aliphatic rings. The number of carbonyl (C=O) groups excluding carboxylic acids is 3.